The highest BCUT2D eigenvalue weighted by atomic mass is 19.4. The number of nitrogens with zero attached hydrogens (tertiary/aromatic N) is 2. The van der Waals surface area contributed by atoms with E-state index in [0.717, 1.165) is 28.6 Å². The van der Waals surface area contributed by atoms with Gasteiger partial charge in [0.1, 0.15) is 12.4 Å². The number of halogens is 3. The maximum atomic E-state index is 12.7. The van der Waals surface area contributed by atoms with Gasteiger partial charge in [0.25, 0.3) is 0 Å². The van der Waals surface area contributed by atoms with Crippen LogP contribution >= 0.6 is 0 Å². The number of hydrogen-bond acceptors (Lipinski definition) is 4. The highest BCUT2D eigenvalue weighted by Crippen LogP contribution is 2.30. The van der Waals surface area contributed by atoms with Crippen LogP contribution in [-0.4, -0.2) is 26.0 Å². The smallest absolute Gasteiger partial charge is 0.416 e. The Balaban J connectivity index is 1.49. The number of aryl methyl sites for hydroxylation is 1. The Bertz CT molecular complexity index is 1280. The molecule has 164 valence electrons. The fourth-order valence-electron chi connectivity index (χ4n) is 3.30. The van der Waals surface area contributed by atoms with Gasteiger partial charge in [0, 0.05) is 40.1 Å². The summed E-state index contributed by atoms with van der Waals surface area (Å²) >= 11 is 0. The van der Waals surface area contributed by atoms with Crippen molar-refractivity contribution in [2.75, 3.05) is 0 Å². The number of rotatable bonds is 6. The number of carboxylic acids is 1. The van der Waals surface area contributed by atoms with E-state index < -0.39 is 17.7 Å². The van der Waals surface area contributed by atoms with E-state index in [1.54, 1.807) is 31.5 Å². The van der Waals surface area contributed by atoms with E-state index in [-0.39, 0.29) is 13.0 Å². The molecule has 0 aliphatic carbocycles. The number of benzene rings is 2. The van der Waals surface area contributed by atoms with Crippen LogP contribution < -0.4 is 4.74 Å². The van der Waals surface area contributed by atoms with Gasteiger partial charge in [-0.2, -0.15) is 13.2 Å². The summed E-state index contributed by atoms with van der Waals surface area (Å²) in [7, 11) is 0. The molecule has 32 heavy (non-hydrogen) atoms. The SMILES string of the molecule is Cc1nc(-c2ccc(C(F)(F)F)cc2)ncc1COc1ccc2[nH]cc(CC(=O)O)c2c1. The van der Waals surface area contributed by atoms with Crippen LogP contribution in [0.15, 0.2) is 54.9 Å². The van der Waals surface area contributed by atoms with Gasteiger partial charge in [-0.15, -0.1) is 0 Å². The first-order valence-corrected chi connectivity index (χ1v) is 9.65. The van der Waals surface area contributed by atoms with Crippen molar-refractivity contribution in [1.82, 2.24) is 15.0 Å². The monoisotopic (exact) mass is 441 g/mol. The van der Waals surface area contributed by atoms with E-state index in [2.05, 4.69) is 15.0 Å². The standard InChI is InChI=1S/C23H18F3N3O3/c1-13-16(11-28-22(29-13)14-2-4-17(5-3-14)23(24,25)26)12-32-18-6-7-20-19(9-18)15(10-27-20)8-21(30)31/h2-7,9-11,27H,8,12H2,1H3,(H,30,31). The lowest BCUT2D eigenvalue weighted by Gasteiger charge is -2.10. The largest absolute Gasteiger partial charge is 0.489 e. The zero-order valence-corrected chi connectivity index (χ0v) is 16.9. The average molecular weight is 441 g/mol. The van der Waals surface area contributed by atoms with Gasteiger partial charge in [-0.25, -0.2) is 9.97 Å². The van der Waals surface area contributed by atoms with Gasteiger partial charge >= 0.3 is 12.1 Å². The van der Waals surface area contributed by atoms with Crippen molar-refractivity contribution in [3.05, 3.63) is 77.2 Å². The van der Waals surface area contributed by atoms with Crippen LogP contribution in [0.5, 0.6) is 5.75 Å². The molecule has 0 aliphatic rings. The first kappa shape index (κ1) is 21.4. The second-order valence-corrected chi connectivity index (χ2v) is 7.26. The maximum Gasteiger partial charge on any atom is 0.416 e. The Morgan fingerprint density at radius 3 is 2.53 bits per heavy atom. The van der Waals surface area contributed by atoms with E-state index in [9.17, 15) is 18.0 Å². The number of carbonyl (C=O) groups is 1. The van der Waals surface area contributed by atoms with Crippen LogP contribution in [0, 0.1) is 6.92 Å². The topological polar surface area (TPSA) is 88.1 Å². The van der Waals surface area contributed by atoms with Crippen molar-refractivity contribution in [1.29, 1.82) is 0 Å². The van der Waals surface area contributed by atoms with E-state index in [0.29, 0.717) is 28.4 Å². The van der Waals surface area contributed by atoms with Gasteiger partial charge in [0.2, 0.25) is 0 Å². The first-order valence-electron chi connectivity index (χ1n) is 9.65. The predicted octanol–water partition coefficient (Wildman–Crippen LogP) is 5.16. The number of alkyl halides is 3. The molecule has 2 heterocycles. The molecule has 9 heteroatoms. The lowest BCUT2D eigenvalue weighted by atomic mass is 10.1. The second-order valence-electron chi connectivity index (χ2n) is 7.26. The van der Waals surface area contributed by atoms with E-state index in [4.69, 9.17) is 9.84 Å². The van der Waals surface area contributed by atoms with Crippen LogP contribution in [0.4, 0.5) is 13.2 Å². The van der Waals surface area contributed by atoms with Gasteiger partial charge in [0.05, 0.1) is 12.0 Å². The minimum atomic E-state index is -4.39. The maximum absolute atomic E-state index is 12.7. The third kappa shape index (κ3) is 4.56. The Morgan fingerprint density at radius 2 is 1.88 bits per heavy atom. The molecule has 4 aromatic rings. The normalized spacial score (nSPS) is 11.6. The first-order chi connectivity index (χ1) is 15.2. The average Bonchev–Trinajstić information content (AvgIpc) is 3.14. The molecule has 0 saturated carbocycles. The minimum Gasteiger partial charge on any atom is -0.489 e. The minimum absolute atomic E-state index is 0.0954. The fourth-order valence-corrected chi connectivity index (χ4v) is 3.30. The van der Waals surface area contributed by atoms with Crippen molar-refractivity contribution < 1.29 is 27.8 Å². The van der Waals surface area contributed by atoms with E-state index in [1.165, 1.54) is 12.1 Å². The van der Waals surface area contributed by atoms with E-state index >= 15 is 0 Å². The molecule has 0 radical (unpaired) electrons. The van der Waals surface area contributed by atoms with E-state index in [1.807, 2.05) is 6.07 Å². The van der Waals surface area contributed by atoms with Crippen LogP contribution in [-0.2, 0) is 24.0 Å². The van der Waals surface area contributed by atoms with Gasteiger partial charge < -0.3 is 14.8 Å². The summed E-state index contributed by atoms with van der Waals surface area (Å²) in [4.78, 5) is 22.7. The number of ether oxygens (including phenoxy) is 1. The quantitative estimate of drug-likeness (QED) is 0.432. The summed E-state index contributed by atoms with van der Waals surface area (Å²) in [6, 6.07) is 10.0. The number of aromatic amines is 1. The third-order valence-electron chi connectivity index (χ3n) is 5.03. The van der Waals surface area contributed by atoms with Gasteiger partial charge in [-0.3, -0.25) is 4.79 Å². The number of aromatic nitrogens is 3. The van der Waals surface area contributed by atoms with Crippen molar-refractivity contribution in [3.8, 4) is 17.1 Å². The molecule has 0 fully saturated rings. The fraction of sp³-hybridized carbons (Fsp3) is 0.174. The van der Waals surface area contributed by atoms with Crippen molar-refractivity contribution in [2.24, 2.45) is 0 Å². The summed E-state index contributed by atoms with van der Waals surface area (Å²) in [6.07, 6.45) is -1.24. The van der Waals surface area contributed by atoms with Crippen molar-refractivity contribution >= 4 is 16.9 Å². The molecule has 0 amide bonds. The highest BCUT2D eigenvalue weighted by molar-refractivity contribution is 5.88. The van der Waals surface area contributed by atoms with Crippen LogP contribution in [0.2, 0.25) is 0 Å². The molecule has 0 unspecified atom stereocenters. The number of H-pyrrole nitrogens is 1. The van der Waals surface area contributed by atoms with Crippen molar-refractivity contribution in [3.63, 3.8) is 0 Å². The number of fused-ring (bicyclic) bond motifs is 1. The lowest BCUT2D eigenvalue weighted by Crippen LogP contribution is -2.05. The predicted molar refractivity (Wildman–Crippen MR) is 111 cm³/mol. The Morgan fingerprint density at radius 1 is 1.12 bits per heavy atom. The number of carboxylic acid groups (broad SMARTS) is 1. The molecule has 2 N–H and O–H groups in total. The zero-order chi connectivity index (χ0) is 22.9. The van der Waals surface area contributed by atoms with Gasteiger partial charge in [-0.1, -0.05) is 12.1 Å². The Hall–Kier alpha value is -3.88. The highest BCUT2D eigenvalue weighted by Gasteiger charge is 2.30. The molecular weight excluding hydrogens is 423 g/mol. The van der Waals surface area contributed by atoms with Crippen LogP contribution in [0.1, 0.15) is 22.4 Å². The van der Waals surface area contributed by atoms with Crippen LogP contribution in [0.3, 0.4) is 0 Å². The third-order valence-corrected chi connectivity index (χ3v) is 5.03. The van der Waals surface area contributed by atoms with Crippen LogP contribution in [0.25, 0.3) is 22.3 Å². The molecule has 0 spiro atoms. The summed E-state index contributed by atoms with van der Waals surface area (Å²) < 4.78 is 44.1. The van der Waals surface area contributed by atoms with Gasteiger partial charge in [0.15, 0.2) is 5.82 Å². The summed E-state index contributed by atoms with van der Waals surface area (Å²) in [6.45, 7) is 1.96. The molecule has 0 atom stereocenters. The molecule has 2 aromatic heterocycles. The Kier molecular flexibility index (Phi) is 5.56. The molecular formula is C23H18F3N3O3. The van der Waals surface area contributed by atoms with Crippen molar-refractivity contribution in [2.45, 2.75) is 26.1 Å². The molecule has 0 aliphatic heterocycles. The summed E-state index contributed by atoms with van der Waals surface area (Å²) in [5, 5.41) is 9.82. The second kappa shape index (κ2) is 8.33. The lowest BCUT2D eigenvalue weighted by molar-refractivity contribution is -0.138. The number of hydrogen-bond donors (Lipinski definition) is 2. The number of nitrogens with one attached hydrogen (secondary N) is 1. The van der Waals surface area contributed by atoms with Gasteiger partial charge in [-0.05, 0) is 42.8 Å². The molecule has 4 rings (SSSR count). The molecule has 2 aromatic carbocycles. The Labute approximate surface area is 180 Å². The zero-order valence-electron chi connectivity index (χ0n) is 16.9. The summed E-state index contributed by atoms with van der Waals surface area (Å²) in [5.41, 5.74) is 2.60. The molecule has 6 nitrogen and oxygen atoms in total. The molecule has 0 saturated heterocycles. The number of aliphatic carboxylic acids is 1. The molecule has 0 bridgehead atoms. The summed E-state index contributed by atoms with van der Waals surface area (Å²) in [5.74, 6) is -0.0277.